The van der Waals surface area contributed by atoms with Crippen molar-refractivity contribution in [1.29, 1.82) is 0 Å². The van der Waals surface area contributed by atoms with Gasteiger partial charge >= 0.3 is 0 Å². The summed E-state index contributed by atoms with van der Waals surface area (Å²) in [5, 5.41) is 3.56. The quantitative estimate of drug-likeness (QED) is 0.434. The number of hydrogen-bond donors (Lipinski definition) is 2. The van der Waals surface area contributed by atoms with Gasteiger partial charge in [-0.15, -0.1) is 0 Å². The van der Waals surface area contributed by atoms with Crippen molar-refractivity contribution in [2.45, 2.75) is 35.6 Å². The van der Waals surface area contributed by atoms with E-state index in [9.17, 15) is 8.42 Å². The van der Waals surface area contributed by atoms with Crippen molar-refractivity contribution in [3.63, 3.8) is 0 Å². The second-order valence-electron chi connectivity index (χ2n) is 9.45. The van der Waals surface area contributed by atoms with E-state index in [0.717, 1.165) is 46.5 Å². The smallest absolute Gasteiger partial charge is 0.182 e. The zero-order valence-corrected chi connectivity index (χ0v) is 20.6. The maximum atomic E-state index is 13.1. The Morgan fingerprint density at radius 1 is 1.00 bits per heavy atom. The molecule has 180 valence electrons. The van der Waals surface area contributed by atoms with Crippen LogP contribution in [0.4, 0.5) is 11.4 Å². The molecule has 0 spiro atoms. The normalized spacial score (nSPS) is 20.5. The van der Waals surface area contributed by atoms with Gasteiger partial charge in [-0.1, -0.05) is 60.7 Å². The van der Waals surface area contributed by atoms with Gasteiger partial charge in [-0.25, -0.2) is 8.42 Å². The Hall–Kier alpha value is -3.90. The highest BCUT2D eigenvalue weighted by Crippen LogP contribution is 2.49. The number of allylic oxidation sites excluding steroid dienone is 5. The number of anilines is 2. The number of rotatable bonds is 5. The maximum Gasteiger partial charge on any atom is 0.182 e. The summed E-state index contributed by atoms with van der Waals surface area (Å²) in [5.41, 5.74) is 14.3. The molecular formula is C30H27N3O2S. The average Bonchev–Trinajstić information content (AvgIpc) is 3.27. The van der Waals surface area contributed by atoms with Crippen molar-refractivity contribution in [3.05, 3.63) is 119 Å². The topological polar surface area (TPSA) is 84.5 Å². The van der Waals surface area contributed by atoms with Gasteiger partial charge in [-0.05, 0) is 71.0 Å². The van der Waals surface area contributed by atoms with E-state index in [2.05, 4.69) is 23.5 Å². The van der Waals surface area contributed by atoms with E-state index in [1.54, 1.807) is 24.3 Å². The molecule has 0 bridgehead atoms. The molecule has 0 fully saturated rings. The molecule has 0 radical (unpaired) electrons. The van der Waals surface area contributed by atoms with Crippen molar-refractivity contribution in [2.24, 2.45) is 4.99 Å². The Bertz CT molecular complexity index is 1550. The Morgan fingerprint density at radius 3 is 2.56 bits per heavy atom. The molecule has 5 nitrogen and oxygen atoms in total. The fourth-order valence-electron chi connectivity index (χ4n) is 5.36. The van der Waals surface area contributed by atoms with E-state index in [1.807, 2.05) is 54.7 Å². The van der Waals surface area contributed by atoms with Crippen molar-refractivity contribution >= 4 is 33.0 Å². The Labute approximate surface area is 211 Å². The molecule has 2 heterocycles. The molecule has 3 aromatic rings. The van der Waals surface area contributed by atoms with Gasteiger partial charge in [-0.3, -0.25) is 4.99 Å². The molecule has 36 heavy (non-hydrogen) atoms. The minimum atomic E-state index is -3.45. The first-order chi connectivity index (χ1) is 17.5. The molecule has 0 amide bonds. The molecule has 3 aliphatic rings. The molecule has 2 atom stereocenters. The molecule has 2 aliphatic heterocycles. The first-order valence-electron chi connectivity index (χ1n) is 12.2. The van der Waals surface area contributed by atoms with Crippen LogP contribution in [-0.4, -0.2) is 20.8 Å². The Morgan fingerprint density at radius 2 is 1.81 bits per heavy atom. The summed E-state index contributed by atoms with van der Waals surface area (Å²) >= 11 is 0. The third kappa shape index (κ3) is 4.07. The number of nitrogen functional groups attached to an aromatic ring is 1. The van der Waals surface area contributed by atoms with Crippen LogP contribution in [0.1, 0.15) is 35.4 Å². The number of sulfone groups is 1. The van der Waals surface area contributed by atoms with E-state index in [4.69, 9.17) is 10.7 Å². The Balaban J connectivity index is 1.45. The summed E-state index contributed by atoms with van der Waals surface area (Å²) in [6.07, 6.45) is 10.3. The van der Waals surface area contributed by atoms with Crippen molar-refractivity contribution < 1.29 is 8.42 Å². The van der Waals surface area contributed by atoms with Crippen LogP contribution in [0.15, 0.2) is 112 Å². The minimum Gasteiger partial charge on any atom is -0.399 e. The number of aliphatic imine (C=N–C) groups is 1. The van der Waals surface area contributed by atoms with Crippen molar-refractivity contribution in [1.82, 2.24) is 0 Å². The minimum absolute atomic E-state index is 0.00492. The molecule has 6 rings (SSSR count). The predicted octanol–water partition coefficient (Wildman–Crippen LogP) is 5.89. The van der Waals surface area contributed by atoms with Gasteiger partial charge in [0.25, 0.3) is 0 Å². The van der Waals surface area contributed by atoms with Gasteiger partial charge in [-0.2, -0.15) is 0 Å². The number of hydrogen-bond acceptors (Lipinski definition) is 5. The first kappa shape index (κ1) is 22.6. The molecule has 2 unspecified atom stereocenters. The lowest BCUT2D eigenvalue weighted by Crippen LogP contribution is -2.25. The van der Waals surface area contributed by atoms with Crippen LogP contribution in [0.3, 0.4) is 0 Å². The first-order valence-corrected chi connectivity index (χ1v) is 13.8. The third-order valence-corrected chi connectivity index (χ3v) is 8.78. The zero-order chi connectivity index (χ0) is 24.7. The van der Waals surface area contributed by atoms with Gasteiger partial charge in [0.15, 0.2) is 9.84 Å². The van der Waals surface area contributed by atoms with Gasteiger partial charge in [0.1, 0.15) is 6.17 Å². The summed E-state index contributed by atoms with van der Waals surface area (Å²) in [5.74, 6) is -0.0463. The maximum absolute atomic E-state index is 13.1. The van der Waals surface area contributed by atoms with Crippen molar-refractivity contribution in [3.8, 4) is 0 Å². The summed E-state index contributed by atoms with van der Waals surface area (Å²) in [7, 11) is -3.45. The van der Waals surface area contributed by atoms with Crippen LogP contribution >= 0.6 is 0 Å². The summed E-state index contributed by atoms with van der Waals surface area (Å²) in [6.45, 7) is 0. The summed E-state index contributed by atoms with van der Waals surface area (Å²) in [4.78, 5) is 5.24. The van der Waals surface area contributed by atoms with Gasteiger partial charge in [0.05, 0.1) is 16.6 Å². The predicted molar refractivity (Wildman–Crippen MR) is 147 cm³/mol. The van der Waals surface area contributed by atoms with Crippen LogP contribution in [0.2, 0.25) is 0 Å². The second-order valence-corrected chi connectivity index (χ2v) is 11.4. The third-order valence-electron chi connectivity index (χ3n) is 7.08. The molecule has 3 aromatic carbocycles. The van der Waals surface area contributed by atoms with Crippen LogP contribution in [0.5, 0.6) is 0 Å². The van der Waals surface area contributed by atoms with Crippen LogP contribution in [0, 0.1) is 0 Å². The number of dihydropyridines is 1. The van der Waals surface area contributed by atoms with E-state index in [0.29, 0.717) is 4.90 Å². The van der Waals surface area contributed by atoms with E-state index in [-0.39, 0.29) is 17.8 Å². The lowest BCUT2D eigenvalue weighted by atomic mass is 9.78. The number of nitrogens with one attached hydrogen (secondary N) is 1. The van der Waals surface area contributed by atoms with Gasteiger partial charge in [0, 0.05) is 23.2 Å². The summed E-state index contributed by atoms with van der Waals surface area (Å²) in [6, 6.07) is 22.5. The standard InChI is InChI=1S/C30H27N3O2S/c31-23-14-12-21(13-15-23)26-18-32-30-29(28(26)22-7-3-1-4-8-22)25-17-20(11-16-27(25)33-30)19-36(34,35)24-9-5-2-6-10-24/h1-3,5-7,9-18,29-30,33H,4,8,19,31H2. The molecular weight excluding hydrogens is 466 g/mol. The average molecular weight is 494 g/mol. The molecule has 0 saturated carbocycles. The van der Waals surface area contributed by atoms with E-state index < -0.39 is 9.84 Å². The molecule has 0 aromatic heterocycles. The molecule has 0 saturated heterocycles. The highest BCUT2D eigenvalue weighted by Gasteiger charge is 2.39. The number of nitrogens with two attached hydrogens (primary N) is 1. The monoisotopic (exact) mass is 493 g/mol. The van der Waals surface area contributed by atoms with Crippen molar-refractivity contribution in [2.75, 3.05) is 11.1 Å². The lowest BCUT2D eigenvalue weighted by Gasteiger charge is -2.29. The lowest BCUT2D eigenvalue weighted by molar-refractivity contribution is 0.595. The van der Waals surface area contributed by atoms with Gasteiger partial charge < -0.3 is 11.1 Å². The fourth-order valence-corrected chi connectivity index (χ4v) is 6.71. The number of benzene rings is 3. The largest absolute Gasteiger partial charge is 0.399 e. The van der Waals surface area contributed by atoms with Crippen LogP contribution in [0.25, 0.3) is 5.57 Å². The number of fused-ring (bicyclic) bond motifs is 3. The zero-order valence-electron chi connectivity index (χ0n) is 19.8. The van der Waals surface area contributed by atoms with Gasteiger partial charge in [0.2, 0.25) is 0 Å². The van der Waals surface area contributed by atoms with Crippen LogP contribution in [-0.2, 0) is 15.6 Å². The molecule has 3 N–H and O–H groups in total. The highest BCUT2D eigenvalue weighted by atomic mass is 32.2. The number of nitrogens with zero attached hydrogens (tertiary/aromatic N) is 1. The summed E-state index contributed by atoms with van der Waals surface area (Å²) < 4.78 is 26.2. The van der Waals surface area contributed by atoms with E-state index in [1.165, 1.54) is 11.1 Å². The highest BCUT2D eigenvalue weighted by molar-refractivity contribution is 7.90. The Kier molecular flexibility index (Phi) is 5.61. The molecule has 6 heteroatoms. The molecule has 1 aliphatic carbocycles. The second kappa shape index (κ2) is 8.95. The van der Waals surface area contributed by atoms with Crippen LogP contribution < -0.4 is 11.1 Å². The SMILES string of the molecule is Nc1ccc(C2=C(C3=CC=CCC3)C3c4cc(CS(=O)(=O)c5ccccc5)ccc4NC3N=C2)cc1. The fraction of sp³-hybridized carbons (Fsp3) is 0.167. The van der Waals surface area contributed by atoms with E-state index >= 15 is 0 Å².